The molecule has 4 rings (SSSR count). The number of carboxylic acids is 1. The predicted molar refractivity (Wildman–Crippen MR) is 129 cm³/mol. The number of hydrogen-bond donors (Lipinski definition) is 1. The minimum atomic E-state index is -1.24. The highest BCUT2D eigenvalue weighted by molar-refractivity contribution is 5.88. The molecule has 3 heterocycles. The number of rotatable bonds is 7. The lowest BCUT2D eigenvalue weighted by Crippen LogP contribution is -2.44. The smallest absolute Gasteiger partial charge is 0.341 e. The molecule has 1 aliphatic rings. The molecule has 9 heteroatoms. The van der Waals surface area contributed by atoms with Crippen molar-refractivity contribution in [3.8, 4) is 28.1 Å². The second-order valence-corrected chi connectivity index (χ2v) is 9.41. The molecule has 2 aromatic heterocycles. The third-order valence-electron chi connectivity index (χ3n) is 6.18. The summed E-state index contributed by atoms with van der Waals surface area (Å²) < 4.78 is 14.7. The Morgan fingerprint density at radius 1 is 1.18 bits per heavy atom. The van der Waals surface area contributed by atoms with Crippen molar-refractivity contribution in [3.05, 3.63) is 58.1 Å². The number of aromatic nitrogens is 3. The van der Waals surface area contributed by atoms with Crippen LogP contribution in [0.15, 0.2) is 41.6 Å². The normalized spacial score (nSPS) is 13.1. The molecule has 0 radical (unpaired) electrons. The van der Waals surface area contributed by atoms with E-state index in [-0.39, 0.29) is 17.1 Å². The van der Waals surface area contributed by atoms with Crippen LogP contribution in [0.5, 0.6) is 5.75 Å². The topological polar surface area (TPSA) is 98.8 Å². The first-order chi connectivity index (χ1) is 16.1. The summed E-state index contributed by atoms with van der Waals surface area (Å²) in [7, 11) is 3.27. The van der Waals surface area contributed by atoms with E-state index < -0.39 is 11.4 Å². The number of methoxy groups -OCH3 is 2. The largest absolute Gasteiger partial charge is 0.496 e. The minimum Gasteiger partial charge on any atom is -0.496 e. The maximum Gasteiger partial charge on any atom is 0.341 e. The van der Waals surface area contributed by atoms with Gasteiger partial charge in [0.1, 0.15) is 11.3 Å². The van der Waals surface area contributed by atoms with E-state index in [2.05, 4.69) is 25.0 Å². The van der Waals surface area contributed by atoms with Crippen molar-refractivity contribution in [3.63, 3.8) is 0 Å². The molecule has 1 aliphatic heterocycles. The number of hydrogen-bond acceptors (Lipinski definition) is 6. The summed E-state index contributed by atoms with van der Waals surface area (Å²) in [6, 6.07) is 5.43. The Morgan fingerprint density at radius 2 is 1.91 bits per heavy atom. The van der Waals surface area contributed by atoms with Crippen LogP contribution in [0, 0.1) is 0 Å². The molecular weight excluding hydrogens is 436 g/mol. The van der Waals surface area contributed by atoms with E-state index in [4.69, 9.17) is 9.47 Å². The van der Waals surface area contributed by atoms with Gasteiger partial charge in [0.15, 0.2) is 5.43 Å². The van der Waals surface area contributed by atoms with Crippen LogP contribution in [0.1, 0.15) is 43.6 Å². The van der Waals surface area contributed by atoms with Gasteiger partial charge in [-0.25, -0.2) is 4.79 Å². The molecule has 9 nitrogen and oxygen atoms in total. The van der Waals surface area contributed by atoms with E-state index in [1.165, 1.54) is 12.3 Å². The number of aromatic carboxylic acids is 1. The van der Waals surface area contributed by atoms with Crippen LogP contribution < -0.4 is 15.2 Å². The van der Waals surface area contributed by atoms with Crippen LogP contribution in [0.4, 0.5) is 0 Å². The van der Waals surface area contributed by atoms with Gasteiger partial charge in [0.25, 0.3) is 0 Å². The van der Waals surface area contributed by atoms with Gasteiger partial charge in [0.05, 0.1) is 37.7 Å². The lowest BCUT2D eigenvalue weighted by Gasteiger charge is -2.38. The summed E-state index contributed by atoms with van der Waals surface area (Å²) in [6.45, 7) is 9.22. The van der Waals surface area contributed by atoms with Gasteiger partial charge in [-0.3, -0.25) is 14.2 Å². The number of benzene rings is 1. The molecule has 0 atom stereocenters. The first-order valence-corrected chi connectivity index (χ1v) is 11.1. The molecule has 0 bridgehead atoms. The Morgan fingerprint density at radius 3 is 2.53 bits per heavy atom. The molecule has 0 saturated carbocycles. The van der Waals surface area contributed by atoms with Crippen molar-refractivity contribution in [2.24, 2.45) is 0 Å². The minimum absolute atomic E-state index is 0.0687. The summed E-state index contributed by atoms with van der Waals surface area (Å²) in [5.41, 5.74) is 3.17. The van der Waals surface area contributed by atoms with Gasteiger partial charge in [-0.1, -0.05) is 0 Å². The number of pyridine rings is 1. The highest BCUT2D eigenvalue weighted by Crippen LogP contribution is 2.39. The van der Waals surface area contributed by atoms with Crippen LogP contribution >= 0.6 is 0 Å². The molecule has 3 aromatic rings. The Bertz CT molecular complexity index is 1310. The van der Waals surface area contributed by atoms with Gasteiger partial charge in [0.2, 0.25) is 0 Å². The van der Waals surface area contributed by atoms with E-state index in [9.17, 15) is 14.7 Å². The van der Waals surface area contributed by atoms with Crippen LogP contribution in [0.2, 0.25) is 0 Å². The highest BCUT2D eigenvalue weighted by atomic mass is 16.5. The van der Waals surface area contributed by atoms with Crippen LogP contribution in [0.25, 0.3) is 22.4 Å². The molecular formula is C25H30N4O5. The first kappa shape index (κ1) is 23.6. The van der Waals surface area contributed by atoms with E-state index in [0.29, 0.717) is 24.6 Å². The zero-order chi connectivity index (χ0) is 24.8. The van der Waals surface area contributed by atoms with Crippen LogP contribution in [-0.4, -0.2) is 52.4 Å². The fourth-order valence-corrected chi connectivity index (χ4v) is 4.38. The quantitative estimate of drug-likeness (QED) is 0.570. The first-order valence-electron chi connectivity index (χ1n) is 11.1. The average Bonchev–Trinajstić information content (AvgIpc) is 3.28. The van der Waals surface area contributed by atoms with E-state index in [1.807, 2.05) is 42.0 Å². The molecule has 180 valence electrons. The number of nitrogens with zero attached hydrogens (tertiary/aromatic N) is 4. The van der Waals surface area contributed by atoms with Gasteiger partial charge < -0.3 is 19.6 Å². The van der Waals surface area contributed by atoms with Crippen molar-refractivity contribution in [1.29, 1.82) is 0 Å². The summed E-state index contributed by atoms with van der Waals surface area (Å²) in [4.78, 5) is 24.1. The number of carbonyl (C=O) groups is 1. The summed E-state index contributed by atoms with van der Waals surface area (Å²) in [5, 5.41) is 16.0. The number of ether oxygens (including phenoxy) is 2. The number of carboxylic acid groups (broad SMARTS) is 1. The number of fused-ring (bicyclic) bond motifs is 3. The Labute approximate surface area is 198 Å². The molecule has 0 amide bonds. The standard InChI is InChI=1S/C25H30N4O5/c1-15(2)27-11-16-7-19(17-10-26-29(12-17)25(3,4)14-33-5)23(34-6)8-18(16)21-9-22(30)20(24(31)32)13-28(21)27/h7-10,12-13,15H,11,14H2,1-6H3,(H,31,32). The Kier molecular flexibility index (Phi) is 5.99. The Hall–Kier alpha value is -3.59. The van der Waals surface area contributed by atoms with Crippen molar-refractivity contribution in [1.82, 2.24) is 14.5 Å². The second kappa shape index (κ2) is 8.64. The molecule has 0 saturated heterocycles. The second-order valence-electron chi connectivity index (χ2n) is 9.41. The molecule has 0 aliphatic carbocycles. The van der Waals surface area contributed by atoms with Gasteiger partial charge in [-0.15, -0.1) is 0 Å². The lowest BCUT2D eigenvalue weighted by molar-refractivity contribution is 0.0694. The van der Waals surface area contributed by atoms with E-state index in [1.54, 1.807) is 18.9 Å². The van der Waals surface area contributed by atoms with Crippen molar-refractivity contribution >= 4 is 5.97 Å². The molecule has 1 N–H and O–H groups in total. The van der Waals surface area contributed by atoms with E-state index >= 15 is 0 Å². The van der Waals surface area contributed by atoms with Gasteiger partial charge in [0, 0.05) is 48.3 Å². The fourth-order valence-electron chi connectivity index (χ4n) is 4.38. The van der Waals surface area contributed by atoms with Gasteiger partial charge >= 0.3 is 5.97 Å². The Balaban J connectivity index is 1.88. The molecule has 0 fully saturated rings. The van der Waals surface area contributed by atoms with Crippen LogP contribution in [-0.2, 0) is 16.8 Å². The SMILES string of the molecule is COCC(C)(C)n1cc(-c2cc3c(cc2OC)-c2cc(=O)c(C(=O)O)cn2N(C(C)C)C3)cn1. The van der Waals surface area contributed by atoms with E-state index in [0.717, 1.165) is 22.3 Å². The monoisotopic (exact) mass is 466 g/mol. The molecule has 0 unspecified atom stereocenters. The van der Waals surface area contributed by atoms with Crippen molar-refractivity contribution < 1.29 is 19.4 Å². The van der Waals surface area contributed by atoms with Crippen molar-refractivity contribution in [2.45, 2.75) is 45.8 Å². The average molecular weight is 467 g/mol. The zero-order valence-electron chi connectivity index (χ0n) is 20.3. The maximum absolute atomic E-state index is 12.5. The summed E-state index contributed by atoms with van der Waals surface area (Å²) >= 11 is 0. The highest BCUT2D eigenvalue weighted by Gasteiger charge is 2.28. The predicted octanol–water partition coefficient (Wildman–Crippen LogP) is 3.33. The third kappa shape index (κ3) is 3.96. The van der Waals surface area contributed by atoms with Crippen molar-refractivity contribution in [2.75, 3.05) is 25.8 Å². The third-order valence-corrected chi connectivity index (χ3v) is 6.18. The molecule has 1 aromatic carbocycles. The van der Waals surface area contributed by atoms with Gasteiger partial charge in [-0.2, -0.15) is 5.10 Å². The van der Waals surface area contributed by atoms with Gasteiger partial charge in [-0.05, 0) is 45.4 Å². The maximum atomic E-state index is 12.5. The van der Waals surface area contributed by atoms with Crippen LogP contribution in [0.3, 0.4) is 0 Å². The fraction of sp³-hybridized carbons (Fsp3) is 0.400. The summed E-state index contributed by atoms with van der Waals surface area (Å²) in [6.07, 6.45) is 5.19. The summed E-state index contributed by atoms with van der Waals surface area (Å²) in [5.74, 6) is -0.599. The zero-order valence-corrected chi connectivity index (χ0v) is 20.3. The molecule has 34 heavy (non-hydrogen) atoms. The lowest BCUT2D eigenvalue weighted by atomic mass is 9.95. The molecule has 0 spiro atoms.